The van der Waals surface area contributed by atoms with E-state index in [2.05, 4.69) is 24.3 Å². The Hall–Kier alpha value is -0.900. The Morgan fingerprint density at radius 1 is 1.11 bits per heavy atom. The predicted octanol–water partition coefficient (Wildman–Crippen LogP) is 3.23. The van der Waals surface area contributed by atoms with Crippen LogP contribution in [0, 0.1) is 0 Å². The number of hydrogen-bond acceptors (Lipinski definition) is 3. The van der Waals surface area contributed by atoms with Gasteiger partial charge in [0.1, 0.15) is 0 Å². The third-order valence-electron chi connectivity index (χ3n) is 3.99. The van der Waals surface area contributed by atoms with Crippen LogP contribution in [0.5, 0.6) is 0 Å². The van der Waals surface area contributed by atoms with Crippen molar-refractivity contribution in [2.45, 2.75) is 44.5 Å². The van der Waals surface area contributed by atoms with Crippen molar-refractivity contribution >= 4 is 0 Å². The molecule has 2 fully saturated rings. The normalized spacial score (nSPS) is 27.6. The molecule has 3 rings (SSSR count). The van der Waals surface area contributed by atoms with Gasteiger partial charge >= 0.3 is 0 Å². The van der Waals surface area contributed by atoms with E-state index < -0.39 is 0 Å². The van der Waals surface area contributed by atoms with Crippen molar-refractivity contribution in [1.82, 2.24) is 0 Å². The molecule has 0 N–H and O–H groups in total. The molecule has 0 spiro atoms. The lowest BCUT2D eigenvalue weighted by atomic mass is 9.94. The molecule has 3 nitrogen and oxygen atoms in total. The summed E-state index contributed by atoms with van der Waals surface area (Å²) in [5.41, 5.74) is 2.67. The van der Waals surface area contributed by atoms with Crippen LogP contribution in [0.1, 0.15) is 42.7 Å². The fourth-order valence-corrected chi connectivity index (χ4v) is 2.87. The predicted molar refractivity (Wildman–Crippen MR) is 73.0 cm³/mol. The third-order valence-corrected chi connectivity index (χ3v) is 3.99. The van der Waals surface area contributed by atoms with Gasteiger partial charge in [-0.1, -0.05) is 24.3 Å². The summed E-state index contributed by atoms with van der Waals surface area (Å²) in [6.45, 7) is 3.21. The van der Waals surface area contributed by atoms with Gasteiger partial charge in [-0.3, -0.25) is 0 Å². The molecule has 0 radical (unpaired) electrons. The molecule has 2 aliphatic rings. The molecule has 19 heavy (non-hydrogen) atoms. The maximum Gasteiger partial charge on any atom is 0.158 e. The fraction of sp³-hybridized carbons (Fsp3) is 0.625. The highest BCUT2D eigenvalue weighted by atomic mass is 16.7. The van der Waals surface area contributed by atoms with Gasteiger partial charge in [-0.25, -0.2) is 0 Å². The van der Waals surface area contributed by atoms with E-state index in [1.165, 1.54) is 17.5 Å². The SMILES string of the molecule is c1ccc(C2CCOC2)c(COC2CCCCO2)c1. The first-order chi connectivity index (χ1) is 9.43. The highest BCUT2D eigenvalue weighted by Gasteiger charge is 2.21. The number of benzene rings is 1. The molecule has 1 aromatic rings. The second-order valence-electron chi connectivity index (χ2n) is 5.37. The fourth-order valence-electron chi connectivity index (χ4n) is 2.87. The Balaban J connectivity index is 1.62. The van der Waals surface area contributed by atoms with Gasteiger partial charge in [0.15, 0.2) is 6.29 Å². The summed E-state index contributed by atoms with van der Waals surface area (Å²) in [7, 11) is 0. The van der Waals surface area contributed by atoms with E-state index in [0.29, 0.717) is 12.5 Å². The van der Waals surface area contributed by atoms with Gasteiger partial charge in [0.2, 0.25) is 0 Å². The molecule has 2 atom stereocenters. The van der Waals surface area contributed by atoms with Crippen molar-refractivity contribution in [2.75, 3.05) is 19.8 Å². The van der Waals surface area contributed by atoms with Crippen LogP contribution in [-0.2, 0) is 20.8 Å². The molecular weight excluding hydrogens is 240 g/mol. The molecule has 1 aromatic carbocycles. The van der Waals surface area contributed by atoms with Crippen LogP contribution in [0.15, 0.2) is 24.3 Å². The standard InChI is InChI=1S/C16H22O3/c1-2-6-15(14-8-10-17-11-14)13(5-1)12-19-16-7-3-4-9-18-16/h1-2,5-6,14,16H,3-4,7-12H2. The van der Waals surface area contributed by atoms with Crippen LogP contribution in [0.25, 0.3) is 0 Å². The second kappa shape index (κ2) is 6.51. The van der Waals surface area contributed by atoms with E-state index in [-0.39, 0.29) is 6.29 Å². The Kier molecular flexibility index (Phi) is 4.49. The van der Waals surface area contributed by atoms with Crippen LogP contribution in [0.2, 0.25) is 0 Å². The van der Waals surface area contributed by atoms with Crippen LogP contribution in [0.4, 0.5) is 0 Å². The average molecular weight is 262 g/mol. The summed E-state index contributed by atoms with van der Waals surface area (Å²) in [4.78, 5) is 0. The first-order valence-corrected chi connectivity index (χ1v) is 7.32. The topological polar surface area (TPSA) is 27.7 Å². The van der Waals surface area contributed by atoms with Gasteiger partial charge in [-0.2, -0.15) is 0 Å². The van der Waals surface area contributed by atoms with Crippen molar-refractivity contribution < 1.29 is 14.2 Å². The monoisotopic (exact) mass is 262 g/mol. The zero-order valence-corrected chi connectivity index (χ0v) is 11.3. The molecule has 0 aromatic heterocycles. The molecular formula is C16H22O3. The summed E-state index contributed by atoms with van der Waals surface area (Å²) in [6.07, 6.45) is 4.51. The third kappa shape index (κ3) is 3.35. The summed E-state index contributed by atoms with van der Waals surface area (Å²) >= 11 is 0. The van der Waals surface area contributed by atoms with Crippen molar-refractivity contribution in [3.05, 3.63) is 35.4 Å². The molecule has 104 valence electrons. The minimum absolute atomic E-state index is 0.0124. The van der Waals surface area contributed by atoms with E-state index in [1.807, 2.05) is 0 Å². The first-order valence-electron chi connectivity index (χ1n) is 7.32. The van der Waals surface area contributed by atoms with Crippen molar-refractivity contribution in [1.29, 1.82) is 0 Å². The molecule has 2 heterocycles. The average Bonchev–Trinajstić information content (AvgIpc) is 3.01. The summed E-state index contributed by atoms with van der Waals surface area (Å²) < 4.78 is 17.0. The highest BCUT2D eigenvalue weighted by molar-refractivity contribution is 5.30. The van der Waals surface area contributed by atoms with Gasteiger partial charge in [-0.15, -0.1) is 0 Å². The lowest BCUT2D eigenvalue weighted by Crippen LogP contribution is -2.22. The molecule has 2 unspecified atom stereocenters. The quantitative estimate of drug-likeness (QED) is 0.833. The zero-order valence-electron chi connectivity index (χ0n) is 11.3. The van der Waals surface area contributed by atoms with E-state index in [1.54, 1.807) is 0 Å². The first kappa shape index (κ1) is 13.1. The lowest BCUT2D eigenvalue weighted by Gasteiger charge is -2.23. The van der Waals surface area contributed by atoms with E-state index >= 15 is 0 Å². The largest absolute Gasteiger partial charge is 0.381 e. The highest BCUT2D eigenvalue weighted by Crippen LogP contribution is 2.28. The lowest BCUT2D eigenvalue weighted by molar-refractivity contribution is -0.169. The van der Waals surface area contributed by atoms with E-state index in [0.717, 1.165) is 39.1 Å². The van der Waals surface area contributed by atoms with Gasteiger partial charge in [0, 0.05) is 19.1 Å². The molecule has 2 saturated heterocycles. The molecule has 3 heteroatoms. The summed E-state index contributed by atoms with van der Waals surface area (Å²) in [5.74, 6) is 0.534. The van der Waals surface area contributed by atoms with Crippen molar-refractivity contribution in [3.8, 4) is 0 Å². The second-order valence-corrected chi connectivity index (χ2v) is 5.37. The number of rotatable bonds is 4. The van der Waals surface area contributed by atoms with Crippen LogP contribution < -0.4 is 0 Å². The zero-order chi connectivity index (χ0) is 12.9. The van der Waals surface area contributed by atoms with Gasteiger partial charge in [0.05, 0.1) is 13.2 Å². The molecule has 0 saturated carbocycles. The number of hydrogen-bond donors (Lipinski definition) is 0. The molecule has 2 aliphatic heterocycles. The van der Waals surface area contributed by atoms with Gasteiger partial charge in [0.25, 0.3) is 0 Å². The van der Waals surface area contributed by atoms with Gasteiger partial charge < -0.3 is 14.2 Å². The van der Waals surface area contributed by atoms with E-state index in [9.17, 15) is 0 Å². The smallest absolute Gasteiger partial charge is 0.158 e. The maximum atomic E-state index is 5.91. The molecule has 0 bridgehead atoms. The number of ether oxygens (including phenoxy) is 3. The molecule has 0 aliphatic carbocycles. The Labute approximate surface area is 114 Å². The Morgan fingerprint density at radius 2 is 2.05 bits per heavy atom. The van der Waals surface area contributed by atoms with Crippen molar-refractivity contribution in [3.63, 3.8) is 0 Å². The minimum Gasteiger partial charge on any atom is -0.381 e. The van der Waals surface area contributed by atoms with E-state index in [4.69, 9.17) is 14.2 Å². The van der Waals surface area contributed by atoms with Crippen LogP contribution in [-0.4, -0.2) is 26.1 Å². The summed E-state index contributed by atoms with van der Waals surface area (Å²) in [5, 5.41) is 0. The Morgan fingerprint density at radius 3 is 2.84 bits per heavy atom. The minimum atomic E-state index is -0.0124. The van der Waals surface area contributed by atoms with Gasteiger partial charge in [-0.05, 0) is 36.8 Å². The molecule has 0 amide bonds. The Bertz CT molecular complexity index is 393. The van der Waals surface area contributed by atoms with Crippen LogP contribution >= 0.6 is 0 Å². The maximum absolute atomic E-state index is 5.91. The van der Waals surface area contributed by atoms with Crippen LogP contribution in [0.3, 0.4) is 0 Å². The summed E-state index contributed by atoms with van der Waals surface area (Å²) in [6, 6.07) is 8.56. The van der Waals surface area contributed by atoms with Crippen molar-refractivity contribution in [2.24, 2.45) is 0 Å².